The topological polar surface area (TPSA) is 68.8 Å². The molecule has 0 aliphatic rings. The molecule has 0 unspecified atom stereocenters. The molecular weight excluding hydrogens is 388 g/mol. The Bertz CT molecular complexity index is 839. The van der Waals surface area contributed by atoms with E-state index in [9.17, 15) is 4.79 Å². The van der Waals surface area contributed by atoms with Gasteiger partial charge < -0.3 is 19.5 Å². The van der Waals surface area contributed by atoms with E-state index in [4.69, 9.17) is 26.4 Å². The number of benzene rings is 2. The lowest BCUT2D eigenvalue weighted by Gasteiger charge is -2.14. The van der Waals surface area contributed by atoms with Gasteiger partial charge in [0, 0.05) is 12.1 Å². The van der Waals surface area contributed by atoms with E-state index < -0.39 is 0 Å². The predicted molar refractivity (Wildman–Crippen MR) is 118 cm³/mol. The molecule has 0 fully saturated rings. The quantitative estimate of drug-likeness (QED) is 0.601. The van der Waals surface area contributed by atoms with Crippen molar-refractivity contribution in [1.29, 1.82) is 0 Å². The summed E-state index contributed by atoms with van der Waals surface area (Å²) < 4.78 is 16.7. The van der Waals surface area contributed by atoms with Gasteiger partial charge in [0.15, 0.2) is 16.6 Å². The third-order valence-corrected chi connectivity index (χ3v) is 4.08. The van der Waals surface area contributed by atoms with Crippen LogP contribution in [0, 0.1) is 0 Å². The highest BCUT2D eigenvalue weighted by atomic mass is 32.1. The fourth-order valence-corrected chi connectivity index (χ4v) is 2.70. The van der Waals surface area contributed by atoms with Gasteiger partial charge in [-0.15, -0.1) is 0 Å². The van der Waals surface area contributed by atoms with Crippen LogP contribution in [0.4, 0.5) is 0 Å². The van der Waals surface area contributed by atoms with Gasteiger partial charge in [0.05, 0.1) is 19.8 Å². The highest BCUT2D eigenvalue weighted by Crippen LogP contribution is 2.28. The highest BCUT2D eigenvalue weighted by molar-refractivity contribution is 7.80. The highest BCUT2D eigenvalue weighted by Gasteiger charge is 2.10. The van der Waals surface area contributed by atoms with Crippen molar-refractivity contribution in [3.8, 4) is 17.2 Å². The van der Waals surface area contributed by atoms with Gasteiger partial charge in [-0.2, -0.15) is 0 Å². The number of carbonyl (C=O) groups excluding carboxylic acids is 1. The smallest absolute Gasteiger partial charge is 0.257 e. The SMILES string of the molecule is CCCOc1ccc(CNC(=S)NC(=O)c2cccc(OC(C)C)c2)cc1OC. The van der Waals surface area contributed by atoms with Crippen molar-refractivity contribution < 1.29 is 19.0 Å². The van der Waals surface area contributed by atoms with Crippen LogP contribution in [0.2, 0.25) is 0 Å². The molecule has 0 radical (unpaired) electrons. The molecule has 0 bridgehead atoms. The molecule has 2 aromatic rings. The number of amides is 1. The van der Waals surface area contributed by atoms with Gasteiger partial charge in [-0.3, -0.25) is 10.1 Å². The monoisotopic (exact) mass is 416 g/mol. The van der Waals surface area contributed by atoms with E-state index >= 15 is 0 Å². The lowest BCUT2D eigenvalue weighted by Crippen LogP contribution is -2.38. The largest absolute Gasteiger partial charge is 0.493 e. The summed E-state index contributed by atoms with van der Waals surface area (Å²) in [5.74, 6) is 1.72. The van der Waals surface area contributed by atoms with Gasteiger partial charge in [-0.05, 0) is 68.4 Å². The summed E-state index contributed by atoms with van der Waals surface area (Å²) in [6, 6.07) is 12.7. The molecule has 0 saturated heterocycles. The maximum Gasteiger partial charge on any atom is 0.257 e. The van der Waals surface area contributed by atoms with Crippen LogP contribution in [0.15, 0.2) is 42.5 Å². The van der Waals surface area contributed by atoms with Crippen molar-refractivity contribution in [3.05, 3.63) is 53.6 Å². The summed E-state index contributed by atoms with van der Waals surface area (Å²) in [6.45, 7) is 6.99. The first-order chi connectivity index (χ1) is 13.9. The number of carbonyl (C=O) groups is 1. The van der Waals surface area contributed by atoms with E-state index in [0.717, 1.165) is 12.0 Å². The molecule has 2 rings (SSSR count). The number of ether oxygens (including phenoxy) is 3. The Morgan fingerprint density at radius 2 is 1.93 bits per heavy atom. The molecule has 0 aromatic heterocycles. The average molecular weight is 417 g/mol. The Kier molecular flexibility index (Phi) is 8.73. The second-order valence-electron chi connectivity index (χ2n) is 6.66. The zero-order chi connectivity index (χ0) is 21.2. The lowest BCUT2D eigenvalue weighted by molar-refractivity contribution is 0.0976. The van der Waals surface area contributed by atoms with Crippen LogP contribution in [0.1, 0.15) is 43.1 Å². The molecular formula is C22H28N2O4S. The maximum atomic E-state index is 12.4. The molecule has 0 heterocycles. The van der Waals surface area contributed by atoms with Crippen molar-refractivity contribution in [2.24, 2.45) is 0 Å². The second kappa shape index (κ2) is 11.3. The minimum Gasteiger partial charge on any atom is -0.493 e. The van der Waals surface area contributed by atoms with E-state index in [0.29, 0.717) is 36.0 Å². The fraction of sp³-hybridized carbons (Fsp3) is 0.364. The normalized spacial score (nSPS) is 10.4. The van der Waals surface area contributed by atoms with Gasteiger partial charge in [-0.1, -0.05) is 19.1 Å². The number of methoxy groups -OCH3 is 1. The number of thiocarbonyl (C=S) groups is 1. The van der Waals surface area contributed by atoms with Crippen molar-refractivity contribution in [1.82, 2.24) is 10.6 Å². The molecule has 7 heteroatoms. The maximum absolute atomic E-state index is 12.4. The molecule has 2 N–H and O–H groups in total. The van der Waals surface area contributed by atoms with E-state index in [2.05, 4.69) is 10.6 Å². The van der Waals surface area contributed by atoms with Crippen LogP contribution in [0.5, 0.6) is 17.2 Å². The lowest BCUT2D eigenvalue weighted by atomic mass is 10.2. The molecule has 0 atom stereocenters. The first-order valence-electron chi connectivity index (χ1n) is 9.58. The Balaban J connectivity index is 1.92. The molecule has 0 aliphatic carbocycles. The van der Waals surface area contributed by atoms with Crippen LogP contribution in [0.25, 0.3) is 0 Å². The van der Waals surface area contributed by atoms with Gasteiger partial charge in [-0.25, -0.2) is 0 Å². The predicted octanol–water partition coefficient (Wildman–Crippen LogP) is 4.08. The molecule has 2 aromatic carbocycles. The van der Waals surface area contributed by atoms with E-state index in [-0.39, 0.29) is 17.1 Å². The molecule has 0 aliphatic heterocycles. The van der Waals surface area contributed by atoms with Crippen LogP contribution in [-0.2, 0) is 6.54 Å². The molecule has 1 amide bonds. The number of hydrogen-bond donors (Lipinski definition) is 2. The van der Waals surface area contributed by atoms with E-state index in [1.165, 1.54) is 0 Å². The Morgan fingerprint density at radius 1 is 1.14 bits per heavy atom. The Morgan fingerprint density at radius 3 is 2.62 bits per heavy atom. The summed E-state index contributed by atoms with van der Waals surface area (Å²) in [4.78, 5) is 12.4. The summed E-state index contributed by atoms with van der Waals surface area (Å²) in [5, 5.41) is 5.96. The molecule has 6 nitrogen and oxygen atoms in total. The van der Waals surface area contributed by atoms with E-state index in [1.54, 1.807) is 25.3 Å². The van der Waals surface area contributed by atoms with Crippen LogP contribution < -0.4 is 24.8 Å². The standard InChI is InChI=1S/C22H28N2O4S/c1-5-11-27-19-10-9-16(12-20(19)26-4)14-23-22(29)24-21(25)17-7-6-8-18(13-17)28-15(2)3/h6-10,12-13,15H,5,11,14H2,1-4H3,(H2,23,24,25,29). The minimum absolute atomic E-state index is 0.0341. The van der Waals surface area contributed by atoms with Crippen LogP contribution in [-0.4, -0.2) is 30.8 Å². The van der Waals surface area contributed by atoms with Crippen molar-refractivity contribution in [2.75, 3.05) is 13.7 Å². The van der Waals surface area contributed by atoms with E-state index in [1.807, 2.05) is 45.0 Å². The zero-order valence-electron chi connectivity index (χ0n) is 17.3. The third-order valence-electron chi connectivity index (χ3n) is 3.84. The molecule has 0 spiro atoms. The van der Waals surface area contributed by atoms with Gasteiger partial charge in [0.25, 0.3) is 5.91 Å². The fourth-order valence-electron chi connectivity index (χ4n) is 2.54. The number of hydrogen-bond acceptors (Lipinski definition) is 5. The van der Waals surface area contributed by atoms with Crippen molar-refractivity contribution in [3.63, 3.8) is 0 Å². The van der Waals surface area contributed by atoms with Crippen molar-refractivity contribution >= 4 is 23.2 Å². The van der Waals surface area contributed by atoms with Crippen LogP contribution in [0.3, 0.4) is 0 Å². The summed E-state index contributed by atoms with van der Waals surface area (Å²) in [6.07, 6.45) is 0.958. The molecule has 156 valence electrons. The van der Waals surface area contributed by atoms with Gasteiger partial charge in [0.1, 0.15) is 5.75 Å². The molecule has 29 heavy (non-hydrogen) atoms. The molecule has 0 saturated carbocycles. The third kappa shape index (κ3) is 7.27. The average Bonchev–Trinajstić information content (AvgIpc) is 2.70. The number of nitrogens with one attached hydrogen (secondary N) is 2. The van der Waals surface area contributed by atoms with Crippen molar-refractivity contribution in [2.45, 2.75) is 39.8 Å². The Labute approximate surface area is 177 Å². The number of rotatable bonds is 9. The first kappa shape index (κ1) is 22.5. The summed E-state index contributed by atoms with van der Waals surface area (Å²) in [7, 11) is 1.60. The summed E-state index contributed by atoms with van der Waals surface area (Å²) >= 11 is 5.25. The second-order valence-corrected chi connectivity index (χ2v) is 7.07. The zero-order valence-corrected chi connectivity index (χ0v) is 18.1. The van der Waals surface area contributed by atoms with Gasteiger partial charge >= 0.3 is 0 Å². The van der Waals surface area contributed by atoms with Crippen LogP contribution >= 0.6 is 12.2 Å². The minimum atomic E-state index is -0.294. The van der Waals surface area contributed by atoms with Gasteiger partial charge in [0.2, 0.25) is 0 Å². The Hall–Kier alpha value is -2.80. The summed E-state index contributed by atoms with van der Waals surface area (Å²) in [5.41, 5.74) is 1.43. The first-order valence-corrected chi connectivity index (χ1v) is 9.99.